The lowest BCUT2D eigenvalue weighted by molar-refractivity contribution is 0.102. The van der Waals surface area contributed by atoms with Gasteiger partial charge in [-0.05, 0) is 42.5 Å². The van der Waals surface area contributed by atoms with E-state index >= 15 is 0 Å². The van der Waals surface area contributed by atoms with Crippen molar-refractivity contribution < 1.29 is 14.3 Å². The van der Waals surface area contributed by atoms with Crippen LogP contribution in [-0.4, -0.2) is 33.2 Å². The third kappa shape index (κ3) is 4.58. The highest BCUT2D eigenvalue weighted by molar-refractivity contribution is 7.18. The Bertz CT molecular complexity index is 1140. The molecule has 0 radical (unpaired) electrons. The topological polar surface area (TPSA) is 99.1 Å². The molecular formula is C21H17N5O3S. The maximum Gasteiger partial charge on any atom is 0.257 e. The number of hydrogen-bond donors (Lipinski definition) is 1. The summed E-state index contributed by atoms with van der Waals surface area (Å²) in [6.45, 7) is 0.297. The van der Waals surface area contributed by atoms with Gasteiger partial charge in [0.15, 0.2) is 11.5 Å². The molecule has 0 aliphatic heterocycles. The summed E-state index contributed by atoms with van der Waals surface area (Å²) in [5.74, 6) is 0.658. The van der Waals surface area contributed by atoms with Crippen molar-refractivity contribution >= 4 is 22.4 Å². The van der Waals surface area contributed by atoms with Crippen LogP contribution >= 0.6 is 11.3 Å². The fourth-order valence-electron chi connectivity index (χ4n) is 2.62. The van der Waals surface area contributed by atoms with Crippen molar-refractivity contribution in [2.75, 3.05) is 12.4 Å². The first kappa shape index (κ1) is 19.5. The highest BCUT2D eigenvalue weighted by atomic mass is 32.1. The lowest BCUT2D eigenvalue weighted by atomic mass is 10.2. The van der Waals surface area contributed by atoms with Crippen molar-refractivity contribution in [3.63, 3.8) is 0 Å². The molecule has 0 spiro atoms. The Morgan fingerprint density at radius 2 is 1.90 bits per heavy atom. The number of carbonyl (C=O) groups excluding carboxylic acids is 1. The van der Waals surface area contributed by atoms with E-state index in [1.807, 2.05) is 30.3 Å². The SMILES string of the molecule is COc1cc(C(=O)Nc2nnc(-c3ccncc3)s2)ccc1OCc1ccccn1. The minimum Gasteiger partial charge on any atom is -0.493 e. The van der Waals surface area contributed by atoms with Crippen molar-refractivity contribution in [2.24, 2.45) is 0 Å². The molecule has 3 aromatic heterocycles. The highest BCUT2D eigenvalue weighted by Crippen LogP contribution is 2.30. The van der Waals surface area contributed by atoms with E-state index in [1.54, 1.807) is 36.8 Å². The molecule has 0 aliphatic rings. The van der Waals surface area contributed by atoms with Crippen LogP contribution in [0.25, 0.3) is 10.6 Å². The van der Waals surface area contributed by atoms with Gasteiger partial charge in [0.1, 0.15) is 11.6 Å². The number of nitrogens with one attached hydrogen (secondary N) is 1. The van der Waals surface area contributed by atoms with E-state index < -0.39 is 0 Å². The van der Waals surface area contributed by atoms with E-state index in [-0.39, 0.29) is 5.91 Å². The monoisotopic (exact) mass is 419 g/mol. The van der Waals surface area contributed by atoms with Gasteiger partial charge >= 0.3 is 0 Å². The van der Waals surface area contributed by atoms with Crippen LogP contribution in [0.2, 0.25) is 0 Å². The van der Waals surface area contributed by atoms with Crippen molar-refractivity contribution in [3.05, 3.63) is 78.4 Å². The molecular weight excluding hydrogens is 402 g/mol. The summed E-state index contributed by atoms with van der Waals surface area (Å²) < 4.78 is 11.2. The molecule has 1 N–H and O–H groups in total. The standard InChI is InChI=1S/C21H17N5O3S/c1-28-18-12-15(5-6-17(18)29-13-16-4-2-3-9-23-16)19(27)24-21-26-25-20(30-21)14-7-10-22-11-8-14/h2-12H,13H2,1H3,(H,24,26,27). The Labute approximate surface area is 176 Å². The number of hydrogen-bond acceptors (Lipinski definition) is 8. The predicted molar refractivity (Wildman–Crippen MR) is 113 cm³/mol. The summed E-state index contributed by atoms with van der Waals surface area (Å²) in [5.41, 5.74) is 2.10. The normalized spacial score (nSPS) is 10.4. The van der Waals surface area contributed by atoms with E-state index in [9.17, 15) is 4.79 Å². The van der Waals surface area contributed by atoms with Gasteiger partial charge in [-0.1, -0.05) is 17.4 Å². The summed E-state index contributed by atoms with van der Waals surface area (Å²) in [6, 6.07) is 14.3. The van der Waals surface area contributed by atoms with Gasteiger partial charge in [-0.2, -0.15) is 0 Å². The number of nitrogens with zero attached hydrogens (tertiary/aromatic N) is 4. The Morgan fingerprint density at radius 3 is 2.67 bits per heavy atom. The molecule has 0 fully saturated rings. The average Bonchev–Trinajstić information content (AvgIpc) is 3.27. The molecule has 150 valence electrons. The van der Waals surface area contributed by atoms with Gasteiger partial charge in [0.2, 0.25) is 5.13 Å². The number of benzene rings is 1. The number of anilines is 1. The zero-order valence-electron chi connectivity index (χ0n) is 16.0. The molecule has 1 amide bonds. The number of ether oxygens (including phenoxy) is 2. The van der Waals surface area contributed by atoms with Crippen molar-refractivity contribution in [3.8, 4) is 22.1 Å². The second-order valence-corrected chi connectivity index (χ2v) is 7.06. The molecule has 0 aliphatic carbocycles. The van der Waals surface area contributed by atoms with Crippen LogP contribution in [-0.2, 0) is 6.61 Å². The fraction of sp³-hybridized carbons (Fsp3) is 0.0952. The minimum atomic E-state index is -0.318. The maximum absolute atomic E-state index is 12.6. The molecule has 0 unspecified atom stereocenters. The van der Waals surface area contributed by atoms with Gasteiger partial charge in [-0.3, -0.25) is 20.1 Å². The van der Waals surface area contributed by atoms with E-state index in [1.165, 1.54) is 18.4 Å². The highest BCUT2D eigenvalue weighted by Gasteiger charge is 2.14. The average molecular weight is 419 g/mol. The number of carbonyl (C=O) groups is 1. The van der Waals surface area contributed by atoms with E-state index in [0.29, 0.717) is 33.8 Å². The second kappa shape index (κ2) is 9.10. The number of aromatic nitrogens is 4. The summed E-state index contributed by atoms with van der Waals surface area (Å²) in [5, 5.41) is 12.0. The number of amides is 1. The smallest absolute Gasteiger partial charge is 0.257 e. The first-order valence-electron chi connectivity index (χ1n) is 8.99. The molecule has 4 rings (SSSR count). The van der Waals surface area contributed by atoms with Crippen LogP contribution in [0, 0.1) is 0 Å². The Balaban J connectivity index is 1.44. The van der Waals surface area contributed by atoms with Crippen LogP contribution in [0.1, 0.15) is 16.1 Å². The van der Waals surface area contributed by atoms with Crippen molar-refractivity contribution in [2.45, 2.75) is 6.61 Å². The molecule has 0 atom stereocenters. The van der Waals surface area contributed by atoms with Crippen LogP contribution < -0.4 is 14.8 Å². The van der Waals surface area contributed by atoms with Gasteiger partial charge in [-0.15, -0.1) is 10.2 Å². The zero-order chi connectivity index (χ0) is 20.8. The van der Waals surface area contributed by atoms with Gasteiger partial charge < -0.3 is 9.47 Å². The second-order valence-electron chi connectivity index (χ2n) is 6.08. The van der Waals surface area contributed by atoms with Gasteiger partial charge in [0, 0.05) is 29.7 Å². The summed E-state index contributed by atoms with van der Waals surface area (Å²) in [6.07, 6.45) is 5.06. The summed E-state index contributed by atoms with van der Waals surface area (Å²) >= 11 is 1.28. The predicted octanol–water partition coefficient (Wildman–Crippen LogP) is 3.84. The van der Waals surface area contributed by atoms with Gasteiger partial charge in [-0.25, -0.2) is 0 Å². The molecule has 0 saturated carbocycles. The lowest BCUT2D eigenvalue weighted by Crippen LogP contribution is -2.12. The number of pyridine rings is 2. The molecule has 8 nitrogen and oxygen atoms in total. The number of methoxy groups -OCH3 is 1. The zero-order valence-corrected chi connectivity index (χ0v) is 16.8. The Hall–Kier alpha value is -3.85. The van der Waals surface area contributed by atoms with E-state index in [0.717, 1.165) is 11.3 Å². The molecule has 9 heteroatoms. The molecule has 1 aromatic carbocycles. The first-order chi connectivity index (χ1) is 14.7. The van der Waals surface area contributed by atoms with Crippen LogP contribution in [0.4, 0.5) is 5.13 Å². The van der Waals surface area contributed by atoms with E-state index in [4.69, 9.17) is 9.47 Å². The third-order valence-electron chi connectivity index (χ3n) is 4.10. The third-order valence-corrected chi connectivity index (χ3v) is 4.99. The quantitative estimate of drug-likeness (QED) is 0.486. The van der Waals surface area contributed by atoms with Gasteiger partial charge in [0.25, 0.3) is 5.91 Å². The van der Waals surface area contributed by atoms with Crippen molar-refractivity contribution in [1.29, 1.82) is 0 Å². The molecule has 4 aromatic rings. The van der Waals surface area contributed by atoms with Crippen LogP contribution in [0.5, 0.6) is 11.5 Å². The van der Waals surface area contributed by atoms with Gasteiger partial charge in [0.05, 0.1) is 12.8 Å². The fourth-order valence-corrected chi connectivity index (χ4v) is 3.36. The molecule has 3 heterocycles. The van der Waals surface area contributed by atoms with Crippen LogP contribution in [0.15, 0.2) is 67.1 Å². The van der Waals surface area contributed by atoms with E-state index in [2.05, 4.69) is 25.5 Å². The Kier molecular flexibility index (Phi) is 5.90. The Morgan fingerprint density at radius 1 is 1.03 bits per heavy atom. The van der Waals surface area contributed by atoms with Crippen molar-refractivity contribution in [1.82, 2.24) is 20.2 Å². The minimum absolute atomic E-state index is 0.297. The van der Waals surface area contributed by atoms with Crippen LogP contribution in [0.3, 0.4) is 0 Å². The summed E-state index contributed by atoms with van der Waals surface area (Å²) in [7, 11) is 1.52. The summed E-state index contributed by atoms with van der Waals surface area (Å²) in [4.78, 5) is 20.8. The maximum atomic E-state index is 12.6. The molecule has 0 bridgehead atoms. The molecule has 30 heavy (non-hydrogen) atoms. The first-order valence-corrected chi connectivity index (χ1v) is 9.80. The number of rotatable bonds is 7. The largest absolute Gasteiger partial charge is 0.493 e. The lowest BCUT2D eigenvalue weighted by Gasteiger charge is -2.11. The molecule has 0 saturated heterocycles.